The molecule has 1 aromatic rings. The summed E-state index contributed by atoms with van der Waals surface area (Å²) < 4.78 is 8.42. The van der Waals surface area contributed by atoms with E-state index in [-0.39, 0.29) is 18.1 Å². The van der Waals surface area contributed by atoms with Gasteiger partial charge in [-0.25, -0.2) is 4.98 Å². The number of amides is 1. The summed E-state index contributed by atoms with van der Waals surface area (Å²) >= 11 is 1.58. The lowest BCUT2D eigenvalue weighted by Crippen LogP contribution is -2.51. The van der Waals surface area contributed by atoms with Crippen molar-refractivity contribution in [3.63, 3.8) is 0 Å². The van der Waals surface area contributed by atoms with E-state index in [1.807, 2.05) is 18.6 Å². The van der Waals surface area contributed by atoms with Crippen LogP contribution in [-0.2, 0) is 23.1 Å². The fourth-order valence-corrected chi connectivity index (χ4v) is 4.99. The Morgan fingerprint density at radius 3 is 2.78 bits per heavy atom. The molecule has 0 aromatic carbocycles. The average molecular weight is 393 g/mol. The minimum absolute atomic E-state index is 0.147. The number of fused-ring (bicyclic) bond motifs is 1. The van der Waals surface area contributed by atoms with Crippen LogP contribution < -0.4 is 5.32 Å². The fourth-order valence-electron chi connectivity index (χ4n) is 4.65. The quantitative estimate of drug-likeness (QED) is 0.732. The average Bonchev–Trinajstić information content (AvgIpc) is 3.26. The molecule has 0 spiro atoms. The van der Waals surface area contributed by atoms with Gasteiger partial charge in [-0.15, -0.1) is 0 Å². The number of carbonyl (C=O) groups is 1. The molecular weight excluding hydrogens is 360 g/mol. The fraction of sp³-hybridized carbons (Fsp3) is 0.800. The van der Waals surface area contributed by atoms with Gasteiger partial charge in [0.15, 0.2) is 0 Å². The molecule has 4 atom stereocenters. The van der Waals surface area contributed by atoms with Crippen molar-refractivity contribution >= 4 is 17.7 Å². The summed E-state index contributed by atoms with van der Waals surface area (Å²) in [6, 6.07) is 0.165. The van der Waals surface area contributed by atoms with Crippen LogP contribution in [0.2, 0.25) is 0 Å². The van der Waals surface area contributed by atoms with E-state index in [0.717, 1.165) is 50.8 Å². The summed E-state index contributed by atoms with van der Waals surface area (Å²) in [5.74, 6) is 3.88. The van der Waals surface area contributed by atoms with Crippen molar-refractivity contribution < 1.29 is 9.53 Å². The second-order valence-electron chi connectivity index (χ2n) is 8.56. The van der Waals surface area contributed by atoms with E-state index in [1.54, 1.807) is 11.8 Å². The van der Waals surface area contributed by atoms with Crippen molar-refractivity contribution in [1.82, 2.24) is 19.8 Å². The van der Waals surface area contributed by atoms with E-state index in [2.05, 4.69) is 26.8 Å². The smallest absolute Gasteiger partial charge is 0.230 e. The van der Waals surface area contributed by atoms with E-state index in [4.69, 9.17) is 4.74 Å². The first kappa shape index (κ1) is 19.3. The number of rotatable bonds is 8. The molecule has 7 heteroatoms. The highest BCUT2D eigenvalue weighted by Gasteiger charge is 2.43. The number of nitrogens with zero attached hydrogens (tertiary/aromatic N) is 3. The first-order valence-electron chi connectivity index (χ1n) is 10.2. The van der Waals surface area contributed by atoms with Gasteiger partial charge in [0.1, 0.15) is 5.82 Å². The molecule has 2 aliphatic carbocycles. The standard InChI is InChI=1S/C20H32N4O2S/c1-23-6-5-21-19(23)11-24-9-15-7-17(22-20(25)13-27-2)18(8-16(15)10-24)26-12-14-3-4-14/h5-6,14-18H,3-4,7-13H2,1-2H3,(H,22,25)/t15-,16+,17-,18-/m0/s1. The normalized spacial score (nSPS) is 31.0. The second-order valence-corrected chi connectivity index (χ2v) is 9.43. The Kier molecular flexibility index (Phi) is 6.09. The molecule has 1 aliphatic heterocycles. The van der Waals surface area contributed by atoms with Gasteiger partial charge in [0, 0.05) is 39.1 Å². The summed E-state index contributed by atoms with van der Waals surface area (Å²) in [7, 11) is 2.06. The van der Waals surface area contributed by atoms with Gasteiger partial charge in [-0.05, 0) is 49.7 Å². The van der Waals surface area contributed by atoms with E-state index in [9.17, 15) is 4.79 Å². The van der Waals surface area contributed by atoms with Crippen LogP contribution in [-0.4, -0.2) is 64.2 Å². The van der Waals surface area contributed by atoms with Gasteiger partial charge in [-0.3, -0.25) is 9.69 Å². The summed E-state index contributed by atoms with van der Waals surface area (Å²) in [5.41, 5.74) is 0. The van der Waals surface area contributed by atoms with Crippen molar-refractivity contribution in [3.05, 3.63) is 18.2 Å². The Bertz CT molecular complexity index is 648. The van der Waals surface area contributed by atoms with E-state index in [1.165, 1.54) is 12.8 Å². The van der Waals surface area contributed by atoms with Crippen LogP contribution in [0.3, 0.4) is 0 Å². The zero-order valence-corrected chi connectivity index (χ0v) is 17.3. The number of ether oxygens (including phenoxy) is 1. The van der Waals surface area contributed by atoms with Gasteiger partial charge in [-0.1, -0.05) is 0 Å². The van der Waals surface area contributed by atoms with E-state index in [0.29, 0.717) is 17.6 Å². The highest BCUT2D eigenvalue weighted by Crippen LogP contribution is 2.39. The van der Waals surface area contributed by atoms with Crippen LogP contribution >= 0.6 is 11.8 Å². The molecule has 6 nitrogen and oxygen atoms in total. The van der Waals surface area contributed by atoms with Gasteiger partial charge >= 0.3 is 0 Å². The summed E-state index contributed by atoms with van der Waals surface area (Å²) in [5, 5.41) is 3.28. The van der Waals surface area contributed by atoms with Crippen LogP contribution in [0, 0.1) is 17.8 Å². The van der Waals surface area contributed by atoms with Crippen molar-refractivity contribution in [2.75, 3.05) is 31.7 Å². The largest absolute Gasteiger partial charge is 0.376 e. The number of likely N-dealkylation sites (tertiary alicyclic amines) is 1. The van der Waals surface area contributed by atoms with E-state index >= 15 is 0 Å². The molecule has 2 heterocycles. The van der Waals surface area contributed by atoms with Crippen LogP contribution in [0.25, 0.3) is 0 Å². The monoisotopic (exact) mass is 392 g/mol. The highest BCUT2D eigenvalue weighted by molar-refractivity contribution is 7.99. The van der Waals surface area contributed by atoms with Gasteiger partial charge < -0.3 is 14.6 Å². The Balaban J connectivity index is 1.37. The number of nitrogens with one attached hydrogen (secondary N) is 1. The Labute approximate surface area is 166 Å². The molecule has 0 radical (unpaired) electrons. The first-order chi connectivity index (χ1) is 13.1. The number of aryl methyl sites for hydroxylation is 1. The molecule has 3 fully saturated rings. The molecule has 0 bridgehead atoms. The second kappa shape index (κ2) is 8.53. The van der Waals surface area contributed by atoms with Gasteiger partial charge in [0.2, 0.25) is 5.91 Å². The molecule has 150 valence electrons. The van der Waals surface area contributed by atoms with Crippen molar-refractivity contribution in [1.29, 1.82) is 0 Å². The molecule has 27 heavy (non-hydrogen) atoms. The zero-order chi connectivity index (χ0) is 18.8. The predicted molar refractivity (Wildman–Crippen MR) is 107 cm³/mol. The van der Waals surface area contributed by atoms with Crippen molar-refractivity contribution in [2.45, 2.75) is 44.4 Å². The molecule has 0 unspecified atom stereocenters. The van der Waals surface area contributed by atoms with Crippen LogP contribution in [0.4, 0.5) is 0 Å². The zero-order valence-electron chi connectivity index (χ0n) is 16.5. The summed E-state index contributed by atoms with van der Waals surface area (Å²) in [4.78, 5) is 19.2. The maximum absolute atomic E-state index is 12.2. The number of hydrogen-bond donors (Lipinski definition) is 1. The first-order valence-corrected chi connectivity index (χ1v) is 11.6. The Morgan fingerprint density at radius 1 is 1.33 bits per heavy atom. The van der Waals surface area contributed by atoms with Gasteiger partial charge in [0.25, 0.3) is 0 Å². The van der Waals surface area contributed by atoms with Crippen LogP contribution in [0.15, 0.2) is 12.4 Å². The number of imidazole rings is 1. The third kappa shape index (κ3) is 4.87. The highest BCUT2D eigenvalue weighted by atomic mass is 32.2. The third-order valence-corrected chi connectivity index (χ3v) is 6.89. The van der Waals surface area contributed by atoms with Crippen molar-refractivity contribution in [2.24, 2.45) is 24.8 Å². The molecule has 1 amide bonds. The third-order valence-electron chi connectivity index (χ3n) is 6.34. The molecule has 1 N–H and O–H groups in total. The molecule has 4 rings (SSSR count). The lowest BCUT2D eigenvalue weighted by atomic mass is 9.77. The lowest BCUT2D eigenvalue weighted by molar-refractivity contribution is -0.121. The topological polar surface area (TPSA) is 59.4 Å². The number of carbonyl (C=O) groups excluding carboxylic acids is 1. The molecule has 2 saturated carbocycles. The Hall–Kier alpha value is -1.05. The summed E-state index contributed by atoms with van der Waals surface area (Å²) in [6.45, 7) is 4.00. The molecule has 1 aromatic heterocycles. The number of hydrogen-bond acceptors (Lipinski definition) is 5. The maximum Gasteiger partial charge on any atom is 0.230 e. The van der Waals surface area contributed by atoms with E-state index < -0.39 is 0 Å². The minimum Gasteiger partial charge on any atom is -0.376 e. The van der Waals surface area contributed by atoms with Crippen LogP contribution in [0.5, 0.6) is 0 Å². The Morgan fingerprint density at radius 2 is 2.11 bits per heavy atom. The SMILES string of the molecule is CSCC(=O)N[C@H]1C[C@H]2CN(Cc3nccn3C)C[C@H]2C[C@@H]1OCC1CC1. The molecule has 1 saturated heterocycles. The predicted octanol–water partition coefficient (Wildman–Crippen LogP) is 1.90. The minimum atomic E-state index is 0.147. The summed E-state index contributed by atoms with van der Waals surface area (Å²) in [6.07, 6.45) is 10.7. The van der Waals surface area contributed by atoms with Crippen LogP contribution in [0.1, 0.15) is 31.5 Å². The molecular formula is C20H32N4O2S. The van der Waals surface area contributed by atoms with Gasteiger partial charge in [-0.2, -0.15) is 11.8 Å². The number of thioether (sulfide) groups is 1. The number of aromatic nitrogens is 2. The maximum atomic E-state index is 12.2. The lowest BCUT2D eigenvalue weighted by Gasteiger charge is -2.38. The van der Waals surface area contributed by atoms with Crippen molar-refractivity contribution in [3.8, 4) is 0 Å². The van der Waals surface area contributed by atoms with Gasteiger partial charge in [0.05, 0.1) is 24.4 Å². The molecule has 3 aliphatic rings.